The minimum Gasteiger partial charge on any atom is -1.00 e. The molecule has 0 atom stereocenters. The fourth-order valence-corrected chi connectivity index (χ4v) is 0.344. The maximum atomic E-state index is 4.59. The summed E-state index contributed by atoms with van der Waals surface area (Å²) >= 11 is -0.472. The Bertz CT molecular complexity index is 19.0. The second-order valence-electron chi connectivity index (χ2n) is 0.492. The first kappa shape index (κ1) is 10.0. The van der Waals surface area contributed by atoms with Gasteiger partial charge in [0.2, 0.25) is 0 Å². The molecule has 0 aliphatic rings. The molecular formula is C2H6ClO2Ti. The molecule has 0 saturated carbocycles. The zero-order valence-corrected chi connectivity index (χ0v) is 6.01. The zero-order chi connectivity index (χ0) is 4.12. The summed E-state index contributed by atoms with van der Waals surface area (Å²) < 4.78 is 9.19. The topological polar surface area (TPSA) is 18.5 Å². The second kappa shape index (κ2) is 9.33. The van der Waals surface area contributed by atoms with Gasteiger partial charge in [0.15, 0.2) is 0 Å². The van der Waals surface area contributed by atoms with Crippen LogP contribution in [0.3, 0.4) is 0 Å². The number of hydrogen-bond donors (Lipinski definition) is 0. The van der Waals surface area contributed by atoms with Gasteiger partial charge in [-0.25, -0.2) is 0 Å². The van der Waals surface area contributed by atoms with Crippen LogP contribution in [0, 0.1) is 0 Å². The van der Waals surface area contributed by atoms with Gasteiger partial charge in [-0.2, -0.15) is 0 Å². The monoisotopic (exact) mass is 145 g/mol. The van der Waals surface area contributed by atoms with Crippen molar-refractivity contribution in [1.82, 2.24) is 0 Å². The van der Waals surface area contributed by atoms with Crippen molar-refractivity contribution in [3.05, 3.63) is 0 Å². The van der Waals surface area contributed by atoms with E-state index in [0.717, 1.165) is 0 Å². The first-order valence-electron chi connectivity index (χ1n) is 1.22. The molecule has 0 aromatic heterocycles. The molecule has 0 aromatic rings. The molecule has 0 spiro atoms. The van der Waals surface area contributed by atoms with Crippen LogP contribution in [0.2, 0.25) is 0 Å². The normalized spacial score (nSPS) is 5.67. The quantitative estimate of drug-likeness (QED) is 0.391. The Morgan fingerprint density at radius 1 is 1.17 bits per heavy atom. The largest absolute Gasteiger partial charge is 1.00 e. The molecule has 0 amide bonds. The van der Waals surface area contributed by atoms with E-state index in [1.54, 1.807) is 14.2 Å². The van der Waals surface area contributed by atoms with Crippen LogP contribution < -0.4 is 12.4 Å². The molecule has 0 bridgehead atoms. The van der Waals surface area contributed by atoms with Gasteiger partial charge < -0.3 is 12.4 Å². The fraction of sp³-hybridized carbons (Fsp3) is 1.00. The smallest absolute Gasteiger partial charge is 1.00 e. The van der Waals surface area contributed by atoms with Gasteiger partial charge in [0.25, 0.3) is 0 Å². The van der Waals surface area contributed by atoms with Crippen LogP contribution in [0.4, 0.5) is 0 Å². The Balaban J connectivity index is 0. The van der Waals surface area contributed by atoms with Gasteiger partial charge in [-0.15, -0.1) is 0 Å². The molecule has 0 saturated heterocycles. The molecule has 0 N–H and O–H groups in total. The van der Waals surface area contributed by atoms with Gasteiger partial charge in [-0.3, -0.25) is 0 Å². The molecule has 2 nitrogen and oxygen atoms in total. The van der Waals surface area contributed by atoms with Crippen molar-refractivity contribution in [3.8, 4) is 0 Å². The Labute approximate surface area is 53.5 Å². The Morgan fingerprint density at radius 3 is 1.50 bits per heavy atom. The van der Waals surface area contributed by atoms with Crippen LogP contribution in [-0.2, 0) is 26.6 Å². The molecule has 0 aromatic carbocycles. The predicted octanol–water partition coefficient (Wildman–Crippen LogP) is -2.80. The summed E-state index contributed by atoms with van der Waals surface area (Å²) in [4.78, 5) is 0. The van der Waals surface area contributed by atoms with Gasteiger partial charge in [0.05, 0.1) is 0 Å². The molecule has 0 rings (SSSR count). The van der Waals surface area contributed by atoms with Crippen molar-refractivity contribution in [3.63, 3.8) is 0 Å². The van der Waals surface area contributed by atoms with E-state index in [0.29, 0.717) is 0 Å². The molecule has 0 radical (unpaired) electrons. The number of halogens is 1. The van der Waals surface area contributed by atoms with Gasteiger partial charge >= 0.3 is 40.8 Å². The zero-order valence-electron chi connectivity index (χ0n) is 3.69. The molecule has 0 heterocycles. The van der Waals surface area contributed by atoms with Crippen LogP contribution in [0.15, 0.2) is 0 Å². The molecule has 37 valence electrons. The SMILES string of the molecule is C[O][Ti+][O]C.[Cl-]. The van der Waals surface area contributed by atoms with Gasteiger partial charge in [-0.05, 0) is 0 Å². The first-order chi connectivity index (χ1) is 2.41. The van der Waals surface area contributed by atoms with E-state index in [9.17, 15) is 0 Å². The summed E-state index contributed by atoms with van der Waals surface area (Å²) in [5, 5.41) is 0. The van der Waals surface area contributed by atoms with E-state index < -0.39 is 19.9 Å². The van der Waals surface area contributed by atoms with E-state index in [4.69, 9.17) is 0 Å². The van der Waals surface area contributed by atoms with Crippen molar-refractivity contribution in [1.29, 1.82) is 0 Å². The van der Waals surface area contributed by atoms with E-state index >= 15 is 0 Å². The van der Waals surface area contributed by atoms with Crippen molar-refractivity contribution in [2.75, 3.05) is 14.2 Å². The summed E-state index contributed by atoms with van der Waals surface area (Å²) in [6.45, 7) is 0. The van der Waals surface area contributed by atoms with E-state index in [1.165, 1.54) is 0 Å². The molecule has 0 fully saturated rings. The molecule has 0 aliphatic heterocycles. The van der Waals surface area contributed by atoms with Crippen LogP contribution in [0.25, 0.3) is 0 Å². The molecule has 0 unspecified atom stereocenters. The molecular weight excluding hydrogens is 139 g/mol. The second-order valence-corrected chi connectivity index (χ2v) is 2.03. The number of rotatable bonds is 2. The third-order valence-corrected chi connectivity index (χ3v) is 0.687. The molecule has 6 heavy (non-hydrogen) atoms. The minimum atomic E-state index is -0.472. The van der Waals surface area contributed by atoms with Crippen molar-refractivity contribution in [2.24, 2.45) is 0 Å². The third-order valence-electron chi connectivity index (χ3n) is 0.167. The maximum Gasteiger partial charge on any atom is -1.00 e. The summed E-state index contributed by atoms with van der Waals surface area (Å²) in [5.41, 5.74) is 0. The maximum absolute atomic E-state index is 4.59. The Morgan fingerprint density at radius 2 is 1.50 bits per heavy atom. The van der Waals surface area contributed by atoms with Crippen molar-refractivity contribution in [2.45, 2.75) is 0 Å². The van der Waals surface area contributed by atoms with E-state index in [-0.39, 0.29) is 12.4 Å². The number of hydrogen-bond acceptors (Lipinski definition) is 2. The van der Waals surface area contributed by atoms with Crippen LogP contribution in [0.5, 0.6) is 0 Å². The molecule has 4 heteroatoms. The summed E-state index contributed by atoms with van der Waals surface area (Å²) in [7, 11) is 3.28. The van der Waals surface area contributed by atoms with E-state index in [1.807, 2.05) is 0 Å². The van der Waals surface area contributed by atoms with Gasteiger partial charge in [0.1, 0.15) is 0 Å². The first-order valence-corrected chi connectivity index (χ1v) is 2.50. The van der Waals surface area contributed by atoms with Crippen molar-refractivity contribution < 1.29 is 39.0 Å². The average molecular weight is 145 g/mol. The average Bonchev–Trinajstić information content (AvgIpc) is 1.41. The van der Waals surface area contributed by atoms with Gasteiger partial charge in [-0.1, -0.05) is 0 Å². The summed E-state index contributed by atoms with van der Waals surface area (Å²) in [6, 6.07) is 0. The van der Waals surface area contributed by atoms with E-state index in [2.05, 4.69) is 6.64 Å². The fourth-order valence-electron chi connectivity index (χ4n) is 0.0833. The summed E-state index contributed by atoms with van der Waals surface area (Å²) in [5.74, 6) is 0. The minimum absolute atomic E-state index is 0. The third kappa shape index (κ3) is 8.87. The predicted molar refractivity (Wildman–Crippen MR) is 14.0 cm³/mol. The summed E-state index contributed by atoms with van der Waals surface area (Å²) in [6.07, 6.45) is 0. The Hall–Kier alpha value is 0.924. The van der Waals surface area contributed by atoms with Crippen LogP contribution in [-0.4, -0.2) is 14.2 Å². The van der Waals surface area contributed by atoms with Gasteiger partial charge in [0, 0.05) is 0 Å². The van der Waals surface area contributed by atoms with Crippen LogP contribution in [0.1, 0.15) is 0 Å². The van der Waals surface area contributed by atoms with Crippen molar-refractivity contribution >= 4 is 0 Å². The molecule has 0 aliphatic carbocycles. The van der Waals surface area contributed by atoms with Crippen LogP contribution >= 0.6 is 0 Å². The standard InChI is InChI=1S/2CH3O.ClH.Ti/c2*1-2;;/h2*1H3;1H;/q2*-1;;+3/p-1. The Kier molecular flexibility index (Phi) is 15.6.